The molecule has 0 saturated heterocycles. The zero-order chi connectivity index (χ0) is 73.4. The Kier molecular flexibility index (Phi) is 29.4. The summed E-state index contributed by atoms with van der Waals surface area (Å²) in [7, 11) is 10.7. The van der Waals surface area contributed by atoms with Crippen molar-refractivity contribution in [2.45, 2.75) is 128 Å². The molecule has 564 valence electrons. The molecule has 0 unspecified atom stereocenters. The molecule has 0 bridgehead atoms. The summed E-state index contributed by atoms with van der Waals surface area (Å²) in [6, 6.07) is 44.8. The number of benzene rings is 6. The highest BCUT2D eigenvalue weighted by molar-refractivity contribution is 5.91. The molecular weight excluding hydrogens is 1290 g/mol. The first-order chi connectivity index (χ1) is 48.2. The van der Waals surface area contributed by atoms with Gasteiger partial charge in [0, 0.05) is 110 Å². The number of amides is 6. The number of hydrogen-bond donors (Lipinski definition) is 12. The molecule has 12 atom stereocenters. The number of carbonyl (C=O) groups excluding carboxylic acids is 3. The van der Waals surface area contributed by atoms with E-state index in [1.165, 1.54) is 0 Å². The average Bonchev–Trinajstić information content (AvgIpc) is 1.76. The number of tetrazole rings is 3. The largest absolute Gasteiger partial charge is 0.390 e. The lowest BCUT2D eigenvalue weighted by atomic mass is 10.0. The van der Waals surface area contributed by atoms with Crippen molar-refractivity contribution in [2.24, 2.45) is 21.1 Å². The van der Waals surface area contributed by atoms with E-state index in [0.29, 0.717) is 34.5 Å². The Morgan fingerprint density at radius 2 is 0.703 bits per heavy atom. The van der Waals surface area contributed by atoms with E-state index in [9.17, 15) is 45.0 Å². The van der Waals surface area contributed by atoms with Crippen LogP contribution in [0.5, 0.6) is 0 Å². The maximum atomic E-state index is 12.7. The summed E-state index contributed by atoms with van der Waals surface area (Å²) in [5, 5.41) is 115. The number of nitrogens with one attached hydrogen (secondary N) is 6. The van der Waals surface area contributed by atoms with E-state index < -0.39 is 72.8 Å². The van der Waals surface area contributed by atoms with Gasteiger partial charge in [-0.1, -0.05) is 122 Å². The lowest BCUT2D eigenvalue weighted by Crippen LogP contribution is -2.49. The Labute approximate surface area is 606 Å². The molecule has 0 saturated carbocycles. The van der Waals surface area contributed by atoms with E-state index in [1.807, 2.05) is 185 Å². The lowest BCUT2D eigenvalue weighted by molar-refractivity contribution is 0.0330. The minimum Gasteiger partial charge on any atom is -0.390 e. The van der Waals surface area contributed by atoms with Crippen LogP contribution in [0.1, 0.15) is 106 Å². The standard InChI is InChI=1S/C25H35N7O3.2C23H31N7O3.12H2/c1-6-18-12-20(24-28-29-30-32(24)5)14-21(13-18)27-25(35)26-16(2)22(33)15-31(4)17(3)23(34)19-10-8-7-9-11-19;2*1-15(20(31)14-29(3)16(2)21(32)17-9-6-5-7-10-17)24-23(33)25-19-12-8-11-18(13-19)22-26-27-28-30(22)4;;;;;;;;;;;;/h7-14,16-17,22-23,33-34H,6,15H2,1-5H3,(H2,26,27,35);2*5-13,15-16,20-21,31-32H,14H2,1-4H3,(H2,24,25,33);12*1H/t16-,17+,22+,23-;15-,16+,20+,21-;15-,16-,20+,21+;;;;;;;;;;;;/m111............/s1. The number of rotatable bonds is 28. The number of aromatic nitrogens is 12. The van der Waals surface area contributed by atoms with Crippen LogP contribution in [0.3, 0.4) is 0 Å². The van der Waals surface area contributed by atoms with Crippen LogP contribution in [-0.4, -0.2) is 219 Å². The number of likely N-dealkylation sites (N-methyl/N-ethyl adjacent to an activating group) is 3. The van der Waals surface area contributed by atoms with E-state index >= 15 is 0 Å². The van der Waals surface area contributed by atoms with Gasteiger partial charge in [-0.25, -0.2) is 28.4 Å². The van der Waals surface area contributed by atoms with Gasteiger partial charge in [0.1, 0.15) is 0 Å². The van der Waals surface area contributed by atoms with Gasteiger partial charge < -0.3 is 62.5 Å². The second-order valence-electron chi connectivity index (χ2n) is 25.3. The van der Waals surface area contributed by atoms with Gasteiger partial charge in [0.2, 0.25) is 0 Å². The highest BCUT2D eigenvalue weighted by Crippen LogP contribution is 2.27. The number of aliphatic hydroxyl groups excluding tert-OH is 6. The third-order valence-corrected chi connectivity index (χ3v) is 17.6. The van der Waals surface area contributed by atoms with Gasteiger partial charge in [-0.05, 0) is 165 Å². The third kappa shape index (κ3) is 23.0. The Morgan fingerprint density at radius 3 is 1.00 bits per heavy atom. The Morgan fingerprint density at radius 1 is 0.406 bits per heavy atom. The molecule has 0 fully saturated rings. The topological polar surface area (TPSA) is 385 Å². The normalized spacial score (nSPS) is 15.0. The first-order valence-corrected chi connectivity index (χ1v) is 33.3. The summed E-state index contributed by atoms with van der Waals surface area (Å²) in [6.07, 6.45) is -3.78. The van der Waals surface area contributed by atoms with Gasteiger partial charge in [-0.2, -0.15) is 0 Å². The molecule has 0 aliphatic rings. The summed E-state index contributed by atoms with van der Waals surface area (Å²) < 4.78 is 4.66. The van der Waals surface area contributed by atoms with Crippen molar-refractivity contribution in [1.29, 1.82) is 0 Å². The fourth-order valence-corrected chi connectivity index (χ4v) is 10.8. The van der Waals surface area contributed by atoms with Crippen molar-refractivity contribution in [1.82, 2.24) is 91.3 Å². The second kappa shape index (κ2) is 38.0. The molecule has 3 heterocycles. The molecule has 30 nitrogen and oxygen atoms in total. The van der Waals surface area contributed by atoms with Crippen molar-refractivity contribution >= 4 is 35.2 Å². The van der Waals surface area contributed by atoms with Crippen LogP contribution in [0, 0.1) is 0 Å². The second-order valence-corrected chi connectivity index (χ2v) is 25.3. The van der Waals surface area contributed by atoms with Gasteiger partial charge >= 0.3 is 18.1 Å². The van der Waals surface area contributed by atoms with E-state index in [1.54, 1.807) is 92.4 Å². The van der Waals surface area contributed by atoms with E-state index in [-0.39, 0.29) is 54.9 Å². The van der Waals surface area contributed by atoms with Crippen LogP contribution in [0.15, 0.2) is 158 Å². The SMILES string of the molecule is CCc1cc(NC(=O)N[C@H](C)[C@@H](O)CN(C)[C@@H](C)[C@@H](O)c2ccccc2)cc(-c2nnnn2C)c1.C[C@@H](NC(=O)Nc1cccc(-c2nnnn2C)c1)[C@@H](O)CN(C)[C@@H](C)[C@@H](O)c1ccccc1.C[C@H]([C@H](O)c1ccccc1)N(C)C[C@H](O)[C@@H](C)NC(=O)Nc1cccc(-c2nnnn2C)c1.[HH].[HH].[HH].[HH].[HH].[HH].[HH].[HH].[HH].[HH].[HH].[HH]. The minimum atomic E-state index is -0.835. The van der Waals surface area contributed by atoms with Gasteiger partial charge in [-0.15, -0.1) is 15.3 Å². The monoisotopic (exact) mass is 1410 g/mol. The van der Waals surface area contributed by atoms with Crippen molar-refractivity contribution in [3.05, 3.63) is 180 Å². The Hall–Kier alpha value is -10.0. The fourth-order valence-electron chi connectivity index (χ4n) is 10.8. The molecular formula is C71H121N21O9. The Bertz CT molecular complexity index is 3890. The first-order valence-electron chi connectivity index (χ1n) is 33.3. The van der Waals surface area contributed by atoms with Crippen LogP contribution >= 0.6 is 0 Å². The summed E-state index contributed by atoms with van der Waals surface area (Å²) in [4.78, 5) is 43.2. The van der Waals surface area contributed by atoms with Crippen molar-refractivity contribution < 1.29 is 62.1 Å². The first kappa shape index (κ1) is 78.3. The van der Waals surface area contributed by atoms with Crippen molar-refractivity contribution in [3.63, 3.8) is 0 Å². The maximum Gasteiger partial charge on any atom is 0.319 e. The molecule has 0 aliphatic heterocycles. The zero-order valence-electron chi connectivity index (χ0n) is 59.4. The molecule has 6 aromatic carbocycles. The molecule has 12 N–H and O–H groups in total. The van der Waals surface area contributed by atoms with Crippen molar-refractivity contribution in [3.8, 4) is 34.2 Å². The highest BCUT2D eigenvalue weighted by Gasteiger charge is 2.29. The fraction of sp³-hybridized carbons (Fsp3) is 0.408. The Balaban J connectivity index is -0.000000361. The molecule has 9 rings (SSSR count). The number of aryl methyl sites for hydroxylation is 4. The van der Waals surface area contributed by atoms with Gasteiger partial charge in [-0.3, -0.25) is 14.7 Å². The van der Waals surface area contributed by atoms with Crippen LogP contribution in [-0.2, 0) is 27.6 Å². The number of hydrogen-bond acceptors (Lipinski definition) is 21. The summed E-state index contributed by atoms with van der Waals surface area (Å²) >= 11 is 0. The van der Waals surface area contributed by atoms with Crippen molar-refractivity contribution in [2.75, 3.05) is 56.7 Å². The minimum absolute atomic E-state index is 0. The van der Waals surface area contributed by atoms with Crippen LogP contribution in [0.4, 0.5) is 31.4 Å². The molecule has 101 heavy (non-hydrogen) atoms. The number of aliphatic hydroxyl groups is 6. The van der Waals surface area contributed by atoms with Crippen LogP contribution in [0.2, 0.25) is 0 Å². The third-order valence-electron chi connectivity index (χ3n) is 17.6. The molecule has 3 aromatic heterocycles. The van der Waals surface area contributed by atoms with E-state index in [0.717, 1.165) is 45.4 Å². The molecule has 30 heteroatoms. The average molecular weight is 1410 g/mol. The molecule has 6 amide bonds. The highest BCUT2D eigenvalue weighted by atomic mass is 16.3. The summed E-state index contributed by atoms with van der Waals surface area (Å²) in [5.41, 5.74) is 7.57. The van der Waals surface area contributed by atoms with E-state index in [2.05, 4.69) is 78.5 Å². The number of carbonyl (C=O) groups is 3. The zero-order valence-corrected chi connectivity index (χ0v) is 59.4. The molecule has 9 aromatic rings. The van der Waals surface area contributed by atoms with Gasteiger partial charge in [0.05, 0.1) is 54.7 Å². The van der Waals surface area contributed by atoms with Crippen LogP contribution in [0.25, 0.3) is 34.2 Å². The molecule has 0 radical (unpaired) electrons. The number of urea groups is 3. The predicted molar refractivity (Wildman–Crippen MR) is 411 cm³/mol. The number of anilines is 3. The molecule has 0 aliphatic carbocycles. The smallest absolute Gasteiger partial charge is 0.319 e. The maximum absolute atomic E-state index is 12.7. The quantitative estimate of drug-likeness (QED) is 0.0218. The molecule has 0 spiro atoms. The van der Waals surface area contributed by atoms with Gasteiger partial charge in [0.25, 0.3) is 0 Å². The predicted octanol–water partition coefficient (Wildman–Crippen LogP) is 8.92. The number of nitrogens with zero attached hydrogens (tertiary/aromatic N) is 15. The summed E-state index contributed by atoms with van der Waals surface area (Å²) in [5.74, 6) is 1.76. The van der Waals surface area contributed by atoms with E-state index in [4.69, 9.17) is 0 Å². The van der Waals surface area contributed by atoms with Gasteiger partial charge in [0.15, 0.2) is 17.5 Å². The summed E-state index contributed by atoms with van der Waals surface area (Å²) in [6.45, 7) is 13.8. The van der Waals surface area contributed by atoms with Crippen LogP contribution < -0.4 is 31.9 Å². The lowest BCUT2D eigenvalue weighted by Gasteiger charge is -2.32.